The number of rotatable bonds is 4. The molecule has 1 atom stereocenters. The van der Waals surface area contributed by atoms with Crippen molar-refractivity contribution in [2.45, 2.75) is 38.7 Å². The first-order valence-electron chi connectivity index (χ1n) is 9.45. The number of carbonyl (C=O) groups excluding carboxylic acids is 2. The van der Waals surface area contributed by atoms with E-state index in [0.29, 0.717) is 17.8 Å². The lowest BCUT2D eigenvalue weighted by Gasteiger charge is -2.25. The zero-order valence-electron chi connectivity index (χ0n) is 16.9. The summed E-state index contributed by atoms with van der Waals surface area (Å²) >= 11 is 1.40. The highest BCUT2D eigenvalue weighted by atomic mass is 32.2. The van der Waals surface area contributed by atoms with Crippen LogP contribution in [0.1, 0.15) is 43.7 Å². The van der Waals surface area contributed by atoms with Gasteiger partial charge in [0.2, 0.25) is 11.8 Å². The molecule has 160 valence electrons. The SMILES string of the molecule is CC(C)(C)CC(=O)Nc1cccc([C@H]2SCC(=O)N2c2ccc(C(F)(F)F)cc2)c1. The van der Waals surface area contributed by atoms with Gasteiger partial charge in [-0.2, -0.15) is 13.2 Å². The molecule has 2 aromatic rings. The van der Waals surface area contributed by atoms with E-state index in [0.717, 1.165) is 17.7 Å². The maximum atomic E-state index is 12.8. The number of anilines is 2. The molecule has 0 radical (unpaired) electrons. The van der Waals surface area contributed by atoms with E-state index in [2.05, 4.69) is 5.32 Å². The number of carbonyl (C=O) groups is 2. The summed E-state index contributed by atoms with van der Waals surface area (Å²) in [5, 5.41) is 2.49. The van der Waals surface area contributed by atoms with E-state index in [9.17, 15) is 22.8 Å². The van der Waals surface area contributed by atoms with Gasteiger partial charge in [-0.1, -0.05) is 32.9 Å². The van der Waals surface area contributed by atoms with Crippen LogP contribution in [0, 0.1) is 5.41 Å². The van der Waals surface area contributed by atoms with E-state index in [1.54, 1.807) is 18.2 Å². The van der Waals surface area contributed by atoms with Crippen molar-refractivity contribution in [3.8, 4) is 0 Å². The van der Waals surface area contributed by atoms with E-state index in [1.165, 1.54) is 28.8 Å². The summed E-state index contributed by atoms with van der Waals surface area (Å²) in [7, 11) is 0. The minimum Gasteiger partial charge on any atom is -0.326 e. The van der Waals surface area contributed by atoms with Crippen LogP contribution in [-0.2, 0) is 15.8 Å². The molecule has 0 spiro atoms. The van der Waals surface area contributed by atoms with Crippen molar-refractivity contribution in [3.63, 3.8) is 0 Å². The molecule has 3 rings (SSSR count). The molecule has 1 aliphatic rings. The molecule has 8 heteroatoms. The molecular weight excluding hydrogens is 413 g/mol. The van der Waals surface area contributed by atoms with Gasteiger partial charge in [0, 0.05) is 17.8 Å². The standard InChI is InChI=1S/C22H23F3N2O2S/c1-21(2,3)12-18(28)26-16-6-4-5-14(11-16)20-27(19(29)13-30-20)17-9-7-15(8-10-17)22(23,24)25/h4-11,20H,12-13H2,1-3H3,(H,26,28)/t20-/m1/s1. The number of nitrogens with one attached hydrogen (secondary N) is 1. The molecule has 0 saturated carbocycles. The molecule has 2 aromatic carbocycles. The Hall–Kier alpha value is -2.48. The van der Waals surface area contributed by atoms with Gasteiger partial charge >= 0.3 is 6.18 Å². The average Bonchev–Trinajstić information content (AvgIpc) is 3.01. The third kappa shape index (κ3) is 5.36. The van der Waals surface area contributed by atoms with Gasteiger partial charge in [-0.25, -0.2) is 0 Å². The molecule has 0 bridgehead atoms. The number of hydrogen-bond acceptors (Lipinski definition) is 3. The van der Waals surface area contributed by atoms with Crippen LogP contribution in [-0.4, -0.2) is 17.6 Å². The van der Waals surface area contributed by atoms with Crippen LogP contribution in [0.3, 0.4) is 0 Å². The second-order valence-corrected chi connectivity index (χ2v) is 9.45. The quantitative estimate of drug-likeness (QED) is 0.653. The van der Waals surface area contributed by atoms with Crippen molar-refractivity contribution in [2.24, 2.45) is 5.41 Å². The largest absolute Gasteiger partial charge is 0.416 e. The highest BCUT2D eigenvalue weighted by Gasteiger charge is 2.35. The third-order valence-electron chi connectivity index (χ3n) is 4.49. The Balaban J connectivity index is 1.82. The summed E-state index contributed by atoms with van der Waals surface area (Å²) in [5.41, 5.74) is 0.915. The maximum Gasteiger partial charge on any atom is 0.416 e. The van der Waals surface area contributed by atoms with Crippen LogP contribution in [0.2, 0.25) is 0 Å². The van der Waals surface area contributed by atoms with Crippen LogP contribution in [0.15, 0.2) is 48.5 Å². The van der Waals surface area contributed by atoms with E-state index in [4.69, 9.17) is 0 Å². The summed E-state index contributed by atoms with van der Waals surface area (Å²) in [6.45, 7) is 5.93. The monoisotopic (exact) mass is 436 g/mol. The molecule has 1 heterocycles. The Morgan fingerprint density at radius 2 is 1.80 bits per heavy atom. The number of amides is 2. The van der Waals surface area contributed by atoms with Crippen LogP contribution in [0.4, 0.5) is 24.5 Å². The molecule has 0 aliphatic carbocycles. The predicted molar refractivity (Wildman–Crippen MR) is 113 cm³/mol. The Morgan fingerprint density at radius 1 is 1.13 bits per heavy atom. The molecule has 1 aliphatic heterocycles. The molecule has 2 amide bonds. The lowest BCUT2D eigenvalue weighted by atomic mass is 9.92. The fourth-order valence-corrected chi connectivity index (χ4v) is 4.38. The highest BCUT2D eigenvalue weighted by molar-refractivity contribution is 8.00. The number of thioether (sulfide) groups is 1. The fourth-order valence-electron chi connectivity index (χ4n) is 3.22. The van der Waals surface area contributed by atoms with Gasteiger partial charge in [-0.3, -0.25) is 14.5 Å². The molecule has 0 unspecified atom stereocenters. The molecular formula is C22H23F3N2O2S. The lowest BCUT2D eigenvalue weighted by Crippen LogP contribution is -2.28. The first-order chi connectivity index (χ1) is 13.9. The predicted octanol–water partition coefficient (Wildman–Crippen LogP) is 5.86. The van der Waals surface area contributed by atoms with Crippen molar-refractivity contribution in [2.75, 3.05) is 16.0 Å². The number of alkyl halides is 3. The van der Waals surface area contributed by atoms with Gasteiger partial charge < -0.3 is 5.32 Å². The number of nitrogens with zero attached hydrogens (tertiary/aromatic N) is 1. The molecule has 30 heavy (non-hydrogen) atoms. The first kappa shape index (κ1) is 22.2. The molecule has 1 saturated heterocycles. The molecule has 4 nitrogen and oxygen atoms in total. The van der Waals surface area contributed by atoms with E-state index in [1.807, 2.05) is 26.8 Å². The third-order valence-corrected chi connectivity index (χ3v) is 5.70. The molecule has 1 N–H and O–H groups in total. The van der Waals surface area contributed by atoms with Crippen molar-refractivity contribution < 1.29 is 22.8 Å². The topological polar surface area (TPSA) is 49.4 Å². The first-order valence-corrected chi connectivity index (χ1v) is 10.5. The van der Waals surface area contributed by atoms with Crippen molar-refractivity contribution in [3.05, 3.63) is 59.7 Å². The minimum absolute atomic E-state index is 0.102. The number of hydrogen-bond donors (Lipinski definition) is 1. The number of halogens is 3. The van der Waals surface area contributed by atoms with E-state index >= 15 is 0 Å². The van der Waals surface area contributed by atoms with E-state index in [-0.39, 0.29) is 28.4 Å². The normalized spacial score (nSPS) is 17.3. The second kappa shape index (κ2) is 8.34. The Kier molecular flexibility index (Phi) is 6.17. The zero-order chi connectivity index (χ0) is 22.1. The van der Waals surface area contributed by atoms with Gasteiger partial charge in [0.15, 0.2) is 0 Å². The molecule has 0 aromatic heterocycles. The number of benzene rings is 2. The summed E-state index contributed by atoms with van der Waals surface area (Å²) in [6, 6.07) is 11.8. The van der Waals surface area contributed by atoms with Crippen LogP contribution < -0.4 is 10.2 Å². The highest BCUT2D eigenvalue weighted by Crippen LogP contribution is 2.43. The zero-order valence-corrected chi connectivity index (χ0v) is 17.7. The van der Waals surface area contributed by atoms with E-state index < -0.39 is 11.7 Å². The summed E-state index contributed by atoms with van der Waals surface area (Å²) in [6.07, 6.45) is -4.06. The maximum absolute atomic E-state index is 12.8. The Labute approximate surface area is 177 Å². The fraction of sp³-hybridized carbons (Fsp3) is 0.364. The van der Waals surface area contributed by atoms with Crippen molar-refractivity contribution in [1.82, 2.24) is 0 Å². The van der Waals surface area contributed by atoms with Crippen LogP contribution in [0.5, 0.6) is 0 Å². The van der Waals surface area contributed by atoms with Gasteiger partial charge in [-0.15, -0.1) is 11.8 Å². The van der Waals surface area contributed by atoms with Crippen LogP contribution >= 0.6 is 11.8 Å². The van der Waals surface area contributed by atoms with Crippen LogP contribution in [0.25, 0.3) is 0 Å². The van der Waals surface area contributed by atoms with Gasteiger partial charge in [-0.05, 0) is 47.4 Å². The summed E-state index contributed by atoms with van der Waals surface area (Å²) in [4.78, 5) is 26.2. The van der Waals surface area contributed by atoms with Gasteiger partial charge in [0.25, 0.3) is 0 Å². The summed E-state index contributed by atoms with van der Waals surface area (Å²) in [5.74, 6) is -0.0481. The van der Waals surface area contributed by atoms with Crippen molar-refractivity contribution in [1.29, 1.82) is 0 Å². The Bertz CT molecular complexity index is 937. The average molecular weight is 436 g/mol. The second-order valence-electron chi connectivity index (χ2n) is 8.38. The Morgan fingerprint density at radius 3 is 2.40 bits per heavy atom. The van der Waals surface area contributed by atoms with Gasteiger partial charge in [0.05, 0.1) is 11.3 Å². The smallest absolute Gasteiger partial charge is 0.326 e. The lowest BCUT2D eigenvalue weighted by molar-refractivity contribution is -0.137. The molecule has 1 fully saturated rings. The van der Waals surface area contributed by atoms with Crippen molar-refractivity contribution >= 4 is 35.0 Å². The minimum atomic E-state index is -4.43. The summed E-state index contributed by atoms with van der Waals surface area (Å²) < 4.78 is 38.5. The van der Waals surface area contributed by atoms with Gasteiger partial charge in [0.1, 0.15) is 5.37 Å².